The SMILES string of the molecule is Cc1ccc(C(=O)N(Cc2nc3cc(C(=N)N)ccc3n2CC(=O)NC2CCCCC2)c2ccc(OC3CCN(C(=N)N)CC3)cc2)cc1.Cl.Cl. The van der Waals surface area contributed by atoms with Crippen molar-refractivity contribution in [2.45, 2.75) is 77.1 Å². The Labute approximate surface area is 310 Å². The molecule has 0 radical (unpaired) electrons. The molecule has 3 aromatic carbocycles. The molecule has 0 bridgehead atoms. The maximum atomic E-state index is 14.2. The summed E-state index contributed by atoms with van der Waals surface area (Å²) in [4.78, 5) is 36.0. The standard InChI is InChI=1S/C37H45N9O3.2ClH/c1-24-7-9-25(10-8-24)36(48)45(28-12-14-29(15-13-28)49-30-17-19-44(20-18-30)37(40)41)22-33-43-31-21-26(35(38)39)11-16-32(31)46(33)23-34(47)42-27-5-3-2-4-6-27;;/h7-16,21,27,30H,2-6,17-20,22-23H2,1H3,(H3,38,39)(H3,40,41)(H,42,47);2*1H. The molecule has 1 aliphatic heterocycles. The molecule has 1 saturated heterocycles. The highest BCUT2D eigenvalue weighted by atomic mass is 35.5. The number of rotatable bonds is 10. The second-order valence-electron chi connectivity index (χ2n) is 13.1. The van der Waals surface area contributed by atoms with Crippen molar-refractivity contribution in [3.05, 3.63) is 89.2 Å². The van der Waals surface area contributed by atoms with Crippen molar-refractivity contribution >= 4 is 65.1 Å². The molecule has 0 atom stereocenters. The predicted octanol–water partition coefficient (Wildman–Crippen LogP) is 5.50. The Morgan fingerprint density at radius 2 is 1.55 bits per heavy atom. The van der Waals surface area contributed by atoms with Crippen molar-refractivity contribution in [1.29, 1.82) is 10.8 Å². The van der Waals surface area contributed by atoms with Crippen LogP contribution < -0.4 is 26.4 Å². The van der Waals surface area contributed by atoms with E-state index in [9.17, 15) is 9.59 Å². The molecule has 51 heavy (non-hydrogen) atoms. The van der Waals surface area contributed by atoms with Crippen LogP contribution in [0.3, 0.4) is 0 Å². The summed E-state index contributed by atoms with van der Waals surface area (Å²) in [6.07, 6.45) is 6.88. The van der Waals surface area contributed by atoms with E-state index in [1.165, 1.54) is 6.42 Å². The van der Waals surface area contributed by atoms with E-state index in [0.29, 0.717) is 47.0 Å². The number of piperidine rings is 1. The summed E-state index contributed by atoms with van der Waals surface area (Å²) in [5, 5.41) is 18.8. The lowest BCUT2D eigenvalue weighted by atomic mass is 9.95. The minimum atomic E-state index is -0.208. The second-order valence-corrected chi connectivity index (χ2v) is 13.1. The Morgan fingerprint density at radius 1 is 0.902 bits per heavy atom. The summed E-state index contributed by atoms with van der Waals surface area (Å²) < 4.78 is 8.12. The first kappa shape index (κ1) is 39.0. The smallest absolute Gasteiger partial charge is 0.258 e. The number of hydrogen-bond acceptors (Lipinski definition) is 6. The number of hydrogen-bond donors (Lipinski definition) is 5. The van der Waals surface area contributed by atoms with Crippen LogP contribution in [0.4, 0.5) is 5.69 Å². The maximum absolute atomic E-state index is 14.2. The molecule has 12 nitrogen and oxygen atoms in total. The Kier molecular flexibility index (Phi) is 13.3. The normalized spacial score (nSPS) is 15.0. The number of guanidine groups is 1. The average Bonchev–Trinajstić information content (AvgIpc) is 3.44. The van der Waals surface area contributed by atoms with Gasteiger partial charge in [-0.05, 0) is 74.4 Å². The number of amides is 2. The minimum absolute atomic E-state index is 0. The highest BCUT2D eigenvalue weighted by Gasteiger charge is 2.25. The molecule has 0 unspecified atom stereocenters. The fraction of sp³-hybridized carbons (Fsp3) is 0.378. The number of ether oxygens (including phenoxy) is 1. The molecule has 2 aliphatic rings. The molecule has 272 valence electrons. The lowest BCUT2D eigenvalue weighted by Crippen LogP contribution is -2.44. The van der Waals surface area contributed by atoms with Crippen LogP contribution >= 0.6 is 24.8 Å². The number of amidine groups is 1. The van der Waals surface area contributed by atoms with E-state index < -0.39 is 0 Å². The van der Waals surface area contributed by atoms with Gasteiger partial charge in [-0.2, -0.15) is 0 Å². The number of fused-ring (bicyclic) bond motifs is 1. The van der Waals surface area contributed by atoms with E-state index in [0.717, 1.165) is 49.6 Å². The van der Waals surface area contributed by atoms with Crippen LogP contribution in [0.25, 0.3) is 11.0 Å². The second kappa shape index (κ2) is 17.4. The molecule has 2 heterocycles. The fourth-order valence-electron chi connectivity index (χ4n) is 6.69. The molecule has 14 heteroatoms. The van der Waals surface area contributed by atoms with E-state index in [-0.39, 0.29) is 73.7 Å². The number of carbonyl (C=O) groups is 2. The van der Waals surface area contributed by atoms with Crippen LogP contribution in [0.15, 0.2) is 66.7 Å². The molecule has 0 spiro atoms. The molecular weight excluding hydrogens is 689 g/mol. The van der Waals surface area contributed by atoms with Gasteiger partial charge in [0.2, 0.25) is 5.91 Å². The summed E-state index contributed by atoms with van der Waals surface area (Å²) in [5.74, 6) is 0.925. The molecule has 1 aromatic heterocycles. The summed E-state index contributed by atoms with van der Waals surface area (Å²) in [6, 6.07) is 20.4. The minimum Gasteiger partial charge on any atom is -0.490 e. The Morgan fingerprint density at radius 3 is 2.18 bits per heavy atom. The van der Waals surface area contributed by atoms with Gasteiger partial charge in [0.1, 0.15) is 30.1 Å². The predicted molar refractivity (Wildman–Crippen MR) is 206 cm³/mol. The molecule has 7 N–H and O–H groups in total. The third kappa shape index (κ3) is 9.50. The van der Waals surface area contributed by atoms with Gasteiger partial charge in [0.25, 0.3) is 5.91 Å². The third-order valence-corrected chi connectivity index (χ3v) is 9.49. The number of carbonyl (C=O) groups excluding carboxylic acids is 2. The van der Waals surface area contributed by atoms with Gasteiger partial charge in [-0.3, -0.25) is 20.4 Å². The number of nitrogens with one attached hydrogen (secondary N) is 3. The van der Waals surface area contributed by atoms with Gasteiger partial charge < -0.3 is 35.9 Å². The molecule has 4 aromatic rings. The van der Waals surface area contributed by atoms with Crippen LogP contribution in [0.2, 0.25) is 0 Å². The molecule has 2 fully saturated rings. The van der Waals surface area contributed by atoms with E-state index in [1.54, 1.807) is 17.0 Å². The topological polar surface area (TPSA) is 179 Å². The van der Waals surface area contributed by atoms with E-state index in [2.05, 4.69) is 5.32 Å². The zero-order valence-electron chi connectivity index (χ0n) is 28.8. The van der Waals surface area contributed by atoms with E-state index in [4.69, 9.17) is 32.0 Å². The van der Waals surface area contributed by atoms with Crippen LogP contribution in [-0.4, -0.2) is 63.3 Å². The number of imidazole rings is 1. The number of halogens is 2. The molecule has 2 amide bonds. The number of anilines is 1. The van der Waals surface area contributed by atoms with Crippen molar-refractivity contribution in [3.63, 3.8) is 0 Å². The zero-order valence-corrected chi connectivity index (χ0v) is 30.4. The lowest BCUT2D eigenvalue weighted by molar-refractivity contribution is -0.122. The largest absolute Gasteiger partial charge is 0.490 e. The monoisotopic (exact) mass is 735 g/mol. The maximum Gasteiger partial charge on any atom is 0.258 e. The Hall–Kier alpha value is -4.81. The summed E-state index contributed by atoms with van der Waals surface area (Å²) in [6.45, 7) is 3.46. The highest BCUT2D eigenvalue weighted by molar-refractivity contribution is 6.06. The number of likely N-dealkylation sites (tertiary alicyclic amines) is 1. The first-order chi connectivity index (χ1) is 23.6. The van der Waals surface area contributed by atoms with Crippen molar-refractivity contribution in [3.8, 4) is 5.75 Å². The van der Waals surface area contributed by atoms with Gasteiger partial charge in [-0.15, -0.1) is 24.8 Å². The lowest BCUT2D eigenvalue weighted by Gasteiger charge is -2.32. The number of nitrogens with zero attached hydrogens (tertiary/aromatic N) is 4. The molecule has 6 rings (SSSR count). The summed E-state index contributed by atoms with van der Waals surface area (Å²) >= 11 is 0. The van der Waals surface area contributed by atoms with Gasteiger partial charge >= 0.3 is 0 Å². The first-order valence-corrected chi connectivity index (χ1v) is 17.0. The van der Waals surface area contributed by atoms with E-state index >= 15 is 0 Å². The van der Waals surface area contributed by atoms with Gasteiger partial charge in [-0.1, -0.05) is 37.0 Å². The highest BCUT2D eigenvalue weighted by Crippen LogP contribution is 2.27. The number of benzene rings is 3. The quantitative estimate of drug-likeness (QED) is 0.105. The van der Waals surface area contributed by atoms with Crippen molar-refractivity contribution in [2.24, 2.45) is 11.5 Å². The van der Waals surface area contributed by atoms with Gasteiger partial charge in [0, 0.05) is 48.8 Å². The van der Waals surface area contributed by atoms with Crippen molar-refractivity contribution < 1.29 is 14.3 Å². The molecule has 1 saturated carbocycles. The Bertz CT molecular complexity index is 1830. The summed E-state index contributed by atoms with van der Waals surface area (Å²) in [7, 11) is 0. The number of aromatic nitrogens is 2. The van der Waals surface area contributed by atoms with Gasteiger partial charge in [0.15, 0.2) is 5.96 Å². The van der Waals surface area contributed by atoms with E-state index in [1.807, 2.05) is 71.0 Å². The average molecular weight is 737 g/mol. The van der Waals surface area contributed by atoms with Crippen LogP contribution in [0.1, 0.15) is 72.3 Å². The number of nitrogen functional groups attached to an aromatic ring is 1. The van der Waals surface area contributed by atoms with Crippen LogP contribution in [0.5, 0.6) is 5.75 Å². The fourth-order valence-corrected chi connectivity index (χ4v) is 6.69. The third-order valence-electron chi connectivity index (χ3n) is 9.49. The Balaban J connectivity index is 0.00000292. The summed E-state index contributed by atoms with van der Waals surface area (Å²) in [5.41, 5.74) is 15.5. The van der Waals surface area contributed by atoms with Gasteiger partial charge in [0.05, 0.1) is 17.6 Å². The number of nitrogens with two attached hydrogens (primary N) is 2. The molecule has 1 aliphatic carbocycles. The van der Waals surface area contributed by atoms with Crippen LogP contribution in [0, 0.1) is 17.7 Å². The number of aryl methyl sites for hydroxylation is 1. The van der Waals surface area contributed by atoms with Crippen molar-refractivity contribution in [1.82, 2.24) is 19.8 Å². The van der Waals surface area contributed by atoms with Crippen LogP contribution in [-0.2, 0) is 17.9 Å². The molecular formula is C37H47Cl2N9O3. The zero-order chi connectivity index (χ0) is 34.5. The van der Waals surface area contributed by atoms with Crippen molar-refractivity contribution in [2.75, 3.05) is 18.0 Å². The first-order valence-electron chi connectivity index (χ1n) is 17.0. The van der Waals surface area contributed by atoms with Gasteiger partial charge in [-0.25, -0.2) is 4.98 Å².